The van der Waals surface area contributed by atoms with Gasteiger partial charge < -0.3 is 16.2 Å². The first-order valence-electron chi connectivity index (χ1n) is 5.20. The molecule has 4 nitrogen and oxygen atoms in total. The van der Waals surface area contributed by atoms with Crippen molar-refractivity contribution in [3.8, 4) is 0 Å². The molecule has 1 rings (SSSR count). The third kappa shape index (κ3) is 4.16. The Morgan fingerprint density at radius 3 is 2.80 bits per heavy atom. The second kappa shape index (κ2) is 5.56. The fourth-order valence-corrected chi connectivity index (χ4v) is 1.48. The third-order valence-corrected chi connectivity index (χ3v) is 2.11. The van der Waals surface area contributed by atoms with Crippen LogP contribution in [0.2, 0.25) is 0 Å². The van der Waals surface area contributed by atoms with E-state index >= 15 is 0 Å². The molecule has 1 heterocycles. The molecular weight excluding hydrogens is 190 g/mol. The molecule has 0 aliphatic heterocycles. The van der Waals surface area contributed by atoms with Gasteiger partial charge in [0.1, 0.15) is 5.82 Å². The lowest BCUT2D eigenvalue weighted by Gasteiger charge is -2.18. The fourth-order valence-electron chi connectivity index (χ4n) is 1.48. The van der Waals surface area contributed by atoms with Crippen LogP contribution >= 0.6 is 0 Å². The van der Waals surface area contributed by atoms with E-state index in [9.17, 15) is 5.11 Å². The van der Waals surface area contributed by atoms with Gasteiger partial charge in [-0.1, -0.05) is 13.8 Å². The number of aromatic nitrogens is 1. The van der Waals surface area contributed by atoms with Gasteiger partial charge in [0.15, 0.2) is 0 Å². The molecule has 0 aliphatic rings. The molecule has 1 aromatic heterocycles. The Hall–Kier alpha value is -1.29. The first-order chi connectivity index (χ1) is 7.11. The van der Waals surface area contributed by atoms with E-state index in [0.717, 1.165) is 12.2 Å². The van der Waals surface area contributed by atoms with Crippen LogP contribution in [0.25, 0.3) is 0 Å². The van der Waals surface area contributed by atoms with E-state index in [-0.39, 0.29) is 12.6 Å². The van der Waals surface area contributed by atoms with Crippen molar-refractivity contribution in [3.05, 3.63) is 18.3 Å². The van der Waals surface area contributed by atoms with Gasteiger partial charge in [0, 0.05) is 18.0 Å². The molecule has 0 spiro atoms. The van der Waals surface area contributed by atoms with Gasteiger partial charge in [-0.15, -0.1) is 0 Å². The maximum absolute atomic E-state index is 9.18. The summed E-state index contributed by atoms with van der Waals surface area (Å²) < 4.78 is 0. The lowest BCUT2D eigenvalue weighted by Crippen LogP contribution is -2.26. The molecule has 1 unspecified atom stereocenters. The molecule has 0 aliphatic carbocycles. The predicted molar refractivity (Wildman–Crippen MR) is 62.6 cm³/mol. The summed E-state index contributed by atoms with van der Waals surface area (Å²) >= 11 is 0. The maximum Gasteiger partial charge on any atom is 0.128 e. The van der Waals surface area contributed by atoms with Crippen LogP contribution in [0, 0.1) is 5.92 Å². The standard InChI is InChI=1S/C11H19N3O/c1-8(2)5-10(7-15)14-11-6-9(12)3-4-13-11/h3-4,6,8,10,15H,5,7H2,1-2H3,(H3,12,13,14). The van der Waals surface area contributed by atoms with Gasteiger partial charge in [0.25, 0.3) is 0 Å². The molecule has 0 saturated heterocycles. The number of aliphatic hydroxyl groups excluding tert-OH is 1. The zero-order valence-corrected chi connectivity index (χ0v) is 9.27. The third-order valence-electron chi connectivity index (χ3n) is 2.11. The van der Waals surface area contributed by atoms with Crippen molar-refractivity contribution >= 4 is 11.5 Å². The molecule has 1 atom stereocenters. The van der Waals surface area contributed by atoms with Gasteiger partial charge >= 0.3 is 0 Å². The van der Waals surface area contributed by atoms with Crippen molar-refractivity contribution in [1.82, 2.24) is 4.98 Å². The molecule has 0 radical (unpaired) electrons. The molecular formula is C11H19N3O. The Balaban J connectivity index is 2.58. The summed E-state index contributed by atoms with van der Waals surface area (Å²) in [6.07, 6.45) is 2.56. The van der Waals surface area contributed by atoms with E-state index in [2.05, 4.69) is 24.1 Å². The van der Waals surface area contributed by atoms with Gasteiger partial charge in [-0.2, -0.15) is 0 Å². The summed E-state index contributed by atoms with van der Waals surface area (Å²) in [4.78, 5) is 4.13. The number of aliphatic hydroxyl groups is 1. The Kier molecular flexibility index (Phi) is 4.37. The van der Waals surface area contributed by atoms with Crippen LogP contribution in [0.1, 0.15) is 20.3 Å². The molecule has 4 heteroatoms. The minimum absolute atomic E-state index is 0.0410. The molecule has 0 bridgehead atoms. The highest BCUT2D eigenvalue weighted by Gasteiger charge is 2.09. The zero-order valence-electron chi connectivity index (χ0n) is 9.27. The van der Waals surface area contributed by atoms with Crippen molar-refractivity contribution in [2.45, 2.75) is 26.3 Å². The van der Waals surface area contributed by atoms with E-state index in [0.29, 0.717) is 11.6 Å². The number of nitrogens with two attached hydrogens (primary N) is 1. The topological polar surface area (TPSA) is 71.2 Å². The Morgan fingerprint density at radius 2 is 2.27 bits per heavy atom. The summed E-state index contributed by atoms with van der Waals surface area (Å²) in [7, 11) is 0. The van der Waals surface area contributed by atoms with Crippen LogP contribution in [0.4, 0.5) is 11.5 Å². The molecule has 0 saturated carbocycles. The SMILES string of the molecule is CC(C)CC(CO)Nc1cc(N)ccn1. The summed E-state index contributed by atoms with van der Waals surface area (Å²) in [5.41, 5.74) is 6.31. The van der Waals surface area contributed by atoms with Gasteiger partial charge in [0.05, 0.1) is 12.6 Å². The number of anilines is 2. The smallest absolute Gasteiger partial charge is 0.128 e. The predicted octanol–water partition coefficient (Wildman–Crippen LogP) is 1.48. The Morgan fingerprint density at radius 1 is 1.53 bits per heavy atom. The van der Waals surface area contributed by atoms with Crippen molar-refractivity contribution in [2.24, 2.45) is 5.92 Å². The molecule has 0 aromatic carbocycles. The van der Waals surface area contributed by atoms with Crippen LogP contribution in [-0.4, -0.2) is 22.7 Å². The number of rotatable bonds is 5. The van der Waals surface area contributed by atoms with Gasteiger partial charge in [0.2, 0.25) is 0 Å². The zero-order chi connectivity index (χ0) is 11.3. The van der Waals surface area contributed by atoms with Crippen LogP contribution < -0.4 is 11.1 Å². The number of pyridine rings is 1. The van der Waals surface area contributed by atoms with E-state index in [1.165, 1.54) is 0 Å². The van der Waals surface area contributed by atoms with E-state index in [1.807, 2.05) is 0 Å². The second-order valence-electron chi connectivity index (χ2n) is 4.13. The summed E-state index contributed by atoms with van der Waals surface area (Å²) in [5.74, 6) is 1.26. The largest absolute Gasteiger partial charge is 0.399 e. The minimum atomic E-state index is 0.0410. The highest BCUT2D eigenvalue weighted by atomic mass is 16.3. The maximum atomic E-state index is 9.18. The lowest BCUT2D eigenvalue weighted by atomic mass is 10.0. The average Bonchev–Trinajstić information content (AvgIpc) is 2.16. The number of hydrogen-bond acceptors (Lipinski definition) is 4. The Labute approximate surface area is 90.5 Å². The highest BCUT2D eigenvalue weighted by molar-refractivity contribution is 5.48. The van der Waals surface area contributed by atoms with Crippen molar-refractivity contribution < 1.29 is 5.11 Å². The number of hydrogen-bond donors (Lipinski definition) is 3. The quantitative estimate of drug-likeness (QED) is 0.687. The van der Waals surface area contributed by atoms with E-state index in [4.69, 9.17) is 5.73 Å². The molecule has 15 heavy (non-hydrogen) atoms. The highest BCUT2D eigenvalue weighted by Crippen LogP contribution is 2.12. The van der Waals surface area contributed by atoms with Crippen LogP contribution in [0.3, 0.4) is 0 Å². The summed E-state index contributed by atoms with van der Waals surface area (Å²) in [6, 6.07) is 3.55. The second-order valence-corrected chi connectivity index (χ2v) is 4.13. The van der Waals surface area contributed by atoms with Crippen molar-refractivity contribution in [2.75, 3.05) is 17.7 Å². The van der Waals surface area contributed by atoms with Crippen LogP contribution in [-0.2, 0) is 0 Å². The number of nitrogen functional groups attached to an aromatic ring is 1. The monoisotopic (exact) mass is 209 g/mol. The first kappa shape index (κ1) is 11.8. The normalized spacial score (nSPS) is 12.8. The number of nitrogens with zero attached hydrogens (tertiary/aromatic N) is 1. The van der Waals surface area contributed by atoms with Crippen molar-refractivity contribution in [1.29, 1.82) is 0 Å². The molecule has 4 N–H and O–H groups in total. The van der Waals surface area contributed by atoms with Crippen LogP contribution in [0.5, 0.6) is 0 Å². The first-order valence-corrected chi connectivity index (χ1v) is 5.20. The molecule has 1 aromatic rings. The molecule has 0 fully saturated rings. The lowest BCUT2D eigenvalue weighted by molar-refractivity contribution is 0.259. The van der Waals surface area contributed by atoms with Crippen LogP contribution in [0.15, 0.2) is 18.3 Å². The summed E-state index contributed by atoms with van der Waals surface area (Å²) in [5, 5.41) is 12.3. The Bertz CT molecular complexity index is 302. The molecule has 84 valence electrons. The minimum Gasteiger partial charge on any atom is -0.399 e. The van der Waals surface area contributed by atoms with Gasteiger partial charge in [-0.05, 0) is 18.4 Å². The fraction of sp³-hybridized carbons (Fsp3) is 0.545. The molecule has 0 amide bonds. The van der Waals surface area contributed by atoms with E-state index in [1.54, 1.807) is 18.3 Å². The van der Waals surface area contributed by atoms with Gasteiger partial charge in [-0.3, -0.25) is 0 Å². The van der Waals surface area contributed by atoms with Crippen molar-refractivity contribution in [3.63, 3.8) is 0 Å². The number of nitrogens with one attached hydrogen (secondary N) is 1. The summed E-state index contributed by atoms with van der Waals surface area (Å²) in [6.45, 7) is 4.35. The average molecular weight is 209 g/mol. The van der Waals surface area contributed by atoms with Gasteiger partial charge in [-0.25, -0.2) is 4.98 Å². The van der Waals surface area contributed by atoms with E-state index < -0.39 is 0 Å².